The first-order valence-electron chi connectivity index (χ1n) is 7.60. The van der Waals surface area contributed by atoms with Crippen LogP contribution in [-0.4, -0.2) is 23.9 Å². The van der Waals surface area contributed by atoms with Crippen LogP contribution in [0, 0.1) is 11.8 Å². The Labute approximate surface area is 121 Å². The normalized spacial score (nSPS) is 27.9. The van der Waals surface area contributed by atoms with Crippen molar-refractivity contribution in [2.45, 2.75) is 31.6 Å². The van der Waals surface area contributed by atoms with E-state index in [0.717, 1.165) is 19.4 Å². The van der Waals surface area contributed by atoms with Gasteiger partial charge in [-0.25, -0.2) is 0 Å². The lowest BCUT2D eigenvalue weighted by atomic mass is 9.95. The predicted molar refractivity (Wildman–Crippen MR) is 81.4 cm³/mol. The summed E-state index contributed by atoms with van der Waals surface area (Å²) in [5.41, 5.74) is 1.66. The van der Waals surface area contributed by atoms with Crippen molar-refractivity contribution >= 4 is 5.91 Å². The van der Waals surface area contributed by atoms with Crippen molar-refractivity contribution in [2.24, 2.45) is 11.8 Å². The maximum Gasteiger partial charge on any atom is 0.225 e. The van der Waals surface area contributed by atoms with Gasteiger partial charge in [-0.2, -0.15) is 0 Å². The van der Waals surface area contributed by atoms with Gasteiger partial charge in [-0.15, -0.1) is 6.58 Å². The third kappa shape index (κ3) is 2.52. The van der Waals surface area contributed by atoms with Gasteiger partial charge in [-0.3, -0.25) is 4.79 Å². The van der Waals surface area contributed by atoms with Gasteiger partial charge in [0.1, 0.15) is 0 Å². The molecule has 0 aliphatic heterocycles. The largest absolute Gasteiger partial charge is 0.338 e. The first-order chi connectivity index (χ1) is 9.65. The van der Waals surface area contributed by atoms with Crippen molar-refractivity contribution in [3.8, 4) is 0 Å². The summed E-state index contributed by atoms with van der Waals surface area (Å²) in [6, 6.07) is 10.7. The molecule has 1 amide bonds. The van der Waals surface area contributed by atoms with Gasteiger partial charge >= 0.3 is 0 Å². The van der Waals surface area contributed by atoms with E-state index in [2.05, 4.69) is 43.8 Å². The highest BCUT2D eigenvalue weighted by molar-refractivity contribution is 5.81. The van der Waals surface area contributed by atoms with Crippen molar-refractivity contribution in [3.05, 3.63) is 48.6 Å². The zero-order valence-corrected chi connectivity index (χ0v) is 12.2. The quantitative estimate of drug-likeness (QED) is 0.725. The van der Waals surface area contributed by atoms with E-state index in [1.54, 1.807) is 0 Å². The summed E-state index contributed by atoms with van der Waals surface area (Å²) in [7, 11) is 0. The highest BCUT2D eigenvalue weighted by atomic mass is 16.2. The number of carbonyl (C=O) groups excluding carboxylic acids is 1. The maximum absolute atomic E-state index is 12.3. The fourth-order valence-electron chi connectivity index (χ4n) is 3.16. The van der Waals surface area contributed by atoms with Crippen molar-refractivity contribution in [1.82, 2.24) is 4.90 Å². The van der Waals surface area contributed by atoms with Crippen LogP contribution in [0.4, 0.5) is 0 Å². The first kappa shape index (κ1) is 13.4. The molecule has 2 atom stereocenters. The first-order valence-corrected chi connectivity index (χ1v) is 7.60. The van der Waals surface area contributed by atoms with Crippen LogP contribution >= 0.6 is 0 Å². The standard InChI is InChI=1S/C18H23NO/c1-3-11-19(17(20)14-9-10-14)13-16-12-18(16,2)15-7-5-4-6-8-15/h3-8,14,16H,1,9-13H2,2H3/t16-,18?/m1/s1. The third-order valence-corrected chi connectivity index (χ3v) is 4.87. The van der Waals surface area contributed by atoms with Gasteiger partial charge < -0.3 is 4.90 Å². The van der Waals surface area contributed by atoms with Crippen LogP contribution in [0.5, 0.6) is 0 Å². The number of nitrogens with zero attached hydrogens (tertiary/aromatic N) is 1. The molecule has 2 aliphatic carbocycles. The summed E-state index contributed by atoms with van der Waals surface area (Å²) in [5.74, 6) is 1.23. The second kappa shape index (κ2) is 5.08. The molecule has 1 unspecified atom stereocenters. The molecule has 0 bridgehead atoms. The predicted octanol–water partition coefficient (Wildman–Crippen LogP) is 3.39. The molecule has 1 aromatic rings. The summed E-state index contributed by atoms with van der Waals surface area (Å²) >= 11 is 0. The Morgan fingerprint density at radius 2 is 2.10 bits per heavy atom. The van der Waals surface area contributed by atoms with E-state index >= 15 is 0 Å². The molecule has 0 saturated heterocycles. The Balaban J connectivity index is 1.65. The van der Waals surface area contributed by atoms with Crippen LogP contribution in [0.1, 0.15) is 31.7 Å². The summed E-state index contributed by atoms with van der Waals surface area (Å²) in [6.07, 6.45) is 5.19. The number of carbonyl (C=O) groups is 1. The molecule has 2 saturated carbocycles. The minimum absolute atomic E-state index is 0.254. The summed E-state index contributed by atoms with van der Waals surface area (Å²) in [4.78, 5) is 14.3. The Bertz CT molecular complexity index is 505. The molecule has 0 radical (unpaired) electrons. The van der Waals surface area contributed by atoms with Crippen LogP contribution in [0.25, 0.3) is 0 Å². The third-order valence-electron chi connectivity index (χ3n) is 4.87. The molecule has 3 rings (SSSR count). The van der Waals surface area contributed by atoms with Gasteiger partial charge in [0.15, 0.2) is 0 Å². The topological polar surface area (TPSA) is 20.3 Å². The molecule has 0 aromatic heterocycles. The highest BCUT2D eigenvalue weighted by Gasteiger charge is 2.52. The SMILES string of the molecule is C=CCN(C[C@H]1CC1(C)c1ccccc1)C(=O)C1CC1. The van der Waals surface area contributed by atoms with E-state index in [1.165, 1.54) is 12.0 Å². The van der Waals surface area contributed by atoms with Gasteiger partial charge in [0.2, 0.25) is 5.91 Å². The minimum atomic E-state index is 0.254. The molecule has 0 N–H and O–H groups in total. The molecule has 2 heteroatoms. The molecule has 1 aromatic carbocycles. The molecule has 2 fully saturated rings. The molecular formula is C18H23NO. The smallest absolute Gasteiger partial charge is 0.225 e. The second-order valence-electron chi connectivity index (χ2n) is 6.49. The zero-order chi connectivity index (χ0) is 14.2. The van der Waals surface area contributed by atoms with E-state index in [-0.39, 0.29) is 5.41 Å². The lowest BCUT2D eigenvalue weighted by Gasteiger charge is -2.23. The molecule has 0 heterocycles. The van der Waals surface area contributed by atoms with Crippen LogP contribution in [0.15, 0.2) is 43.0 Å². The molecule has 2 nitrogen and oxygen atoms in total. The summed E-state index contributed by atoms with van der Waals surface area (Å²) < 4.78 is 0. The van der Waals surface area contributed by atoms with Crippen molar-refractivity contribution in [2.75, 3.05) is 13.1 Å². The van der Waals surface area contributed by atoms with Crippen molar-refractivity contribution < 1.29 is 4.79 Å². The van der Waals surface area contributed by atoms with Crippen LogP contribution in [-0.2, 0) is 10.2 Å². The Morgan fingerprint density at radius 3 is 2.70 bits per heavy atom. The highest BCUT2D eigenvalue weighted by Crippen LogP contribution is 2.54. The number of hydrogen-bond donors (Lipinski definition) is 0. The molecule has 0 spiro atoms. The molecule has 2 aliphatic rings. The minimum Gasteiger partial charge on any atom is -0.338 e. The average molecular weight is 269 g/mol. The van der Waals surface area contributed by atoms with Crippen LogP contribution in [0.3, 0.4) is 0 Å². The van der Waals surface area contributed by atoms with Gasteiger partial charge in [0.25, 0.3) is 0 Å². The number of rotatable bonds is 6. The fraction of sp³-hybridized carbons (Fsp3) is 0.500. The molecule has 20 heavy (non-hydrogen) atoms. The van der Waals surface area contributed by atoms with E-state index in [0.29, 0.717) is 24.3 Å². The monoisotopic (exact) mass is 269 g/mol. The van der Waals surface area contributed by atoms with Gasteiger partial charge in [-0.1, -0.05) is 43.3 Å². The number of amides is 1. The van der Waals surface area contributed by atoms with Gasteiger partial charge in [0, 0.05) is 19.0 Å². The number of hydrogen-bond acceptors (Lipinski definition) is 1. The Morgan fingerprint density at radius 1 is 1.40 bits per heavy atom. The lowest BCUT2D eigenvalue weighted by molar-refractivity contribution is -0.132. The van der Waals surface area contributed by atoms with E-state index in [4.69, 9.17) is 0 Å². The van der Waals surface area contributed by atoms with E-state index in [9.17, 15) is 4.79 Å². The van der Waals surface area contributed by atoms with E-state index < -0.39 is 0 Å². The van der Waals surface area contributed by atoms with Gasteiger partial charge in [0.05, 0.1) is 0 Å². The summed E-state index contributed by atoms with van der Waals surface area (Å²) in [6.45, 7) is 7.68. The van der Waals surface area contributed by atoms with Crippen LogP contribution in [0.2, 0.25) is 0 Å². The fourth-order valence-corrected chi connectivity index (χ4v) is 3.16. The second-order valence-corrected chi connectivity index (χ2v) is 6.49. The van der Waals surface area contributed by atoms with Crippen molar-refractivity contribution in [1.29, 1.82) is 0 Å². The molecular weight excluding hydrogens is 246 g/mol. The molecule has 106 valence electrons. The zero-order valence-electron chi connectivity index (χ0n) is 12.2. The number of benzene rings is 1. The maximum atomic E-state index is 12.3. The van der Waals surface area contributed by atoms with Gasteiger partial charge in [-0.05, 0) is 36.2 Å². The summed E-state index contributed by atoms with van der Waals surface area (Å²) in [5, 5.41) is 0. The Hall–Kier alpha value is -1.57. The lowest BCUT2D eigenvalue weighted by Crippen LogP contribution is -2.35. The van der Waals surface area contributed by atoms with Crippen molar-refractivity contribution in [3.63, 3.8) is 0 Å². The van der Waals surface area contributed by atoms with E-state index in [1.807, 2.05) is 11.0 Å². The van der Waals surface area contributed by atoms with Crippen LogP contribution < -0.4 is 0 Å². The Kier molecular flexibility index (Phi) is 3.41. The average Bonchev–Trinajstić information content (AvgIpc) is 3.36.